The number of hydrogen-bond acceptors (Lipinski definition) is 4. The van der Waals surface area contributed by atoms with Gasteiger partial charge in [0.1, 0.15) is 5.70 Å². The van der Waals surface area contributed by atoms with E-state index in [1.54, 1.807) is 66.7 Å². The van der Waals surface area contributed by atoms with E-state index < -0.39 is 11.8 Å². The van der Waals surface area contributed by atoms with Crippen LogP contribution >= 0.6 is 35.0 Å². The summed E-state index contributed by atoms with van der Waals surface area (Å²) < 4.78 is 0. The molecular weight excluding hydrogens is 565 g/mol. The summed E-state index contributed by atoms with van der Waals surface area (Å²) in [5, 5.41) is 8.98. The lowest BCUT2D eigenvalue weighted by molar-refractivity contribution is -0.114. The van der Waals surface area contributed by atoms with Crippen molar-refractivity contribution in [3.05, 3.63) is 129 Å². The van der Waals surface area contributed by atoms with Gasteiger partial charge in [-0.3, -0.25) is 14.4 Å². The van der Waals surface area contributed by atoms with E-state index >= 15 is 0 Å². The number of hydrogen-bond donors (Lipinski definition) is 3. The first-order valence-corrected chi connectivity index (χ1v) is 14.0. The summed E-state index contributed by atoms with van der Waals surface area (Å²) in [4.78, 5) is 39.5. The molecule has 202 valence electrons. The van der Waals surface area contributed by atoms with Crippen molar-refractivity contribution in [2.24, 2.45) is 0 Å². The lowest BCUT2D eigenvalue weighted by Crippen LogP contribution is -2.30. The Morgan fingerprint density at radius 3 is 2.33 bits per heavy atom. The maximum Gasteiger partial charge on any atom is 0.272 e. The minimum absolute atomic E-state index is 0.0197. The van der Waals surface area contributed by atoms with Crippen molar-refractivity contribution in [1.82, 2.24) is 5.32 Å². The predicted molar refractivity (Wildman–Crippen MR) is 164 cm³/mol. The third-order valence-electron chi connectivity index (χ3n) is 5.69. The smallest absolute Gasteiger partial charge is 0.272 e. The summed E-state index contributed by atoms with van der Waals surface area (Å²) in [7, 11) is 0. The Kier molecular flexibility index (Phi) is 10.0. The number of halogens is 2. The van der Waals surface area contributed by atoms with Gasteiger partial charge in [0.25, 0.3) is 11.8 Å². The fraction of sp³-hybridized carbons (Fsp3) is 0.0645. The zero-order valence-electron chi connectivity index (χ0n) is 21.4. The Hall–Kier alpha value is -4.04. The van der Waals surface area contributed by atoms with Crippen LogP contribution in [0.1, 0.15) is 21.5 Å². The summed E-state index contributed by atoms with van der Waals surface area (Å²) in [6.07, 6.45) is 1.47. The topological polar surface area (TPSA) is 87.3 Å². The summed E-state index contributed by atoms with van der Waals surface area (Å²) in [5.74, 6) is -0.957. The van der Waals surface area contributed by atoms with Crippen molar-refractivity contribution >= 4 is 70.1 Å². The van der Waals surface area contributed by atoms with Gasteiger partial charge in [-0.2, -0.15) is 0 Å². The number of para-hydroxylation sites is 1. The Morgan fingerprint density at radius 1 is 0.825 bits per heavy atom. The van der Waals surface area contributed by atoms with Crippen LogP contribution in [-0.4, -0.2) is 23.5 Å². The molecule has 0 saturated heterocycles. The molecule has 0 saturated carbocycles. The Balaban J connectivity index is 1.48. The lowest BCUT2D eigenvalue weighted by Gasteiger charge is -2.13. The molecule has 0 spiro atoms. The van der Waals surface area contributed by atoms with Gasteiger partial charge in [0.2, 0.25) is 5.91 Å². The van der Waals surface area contributed by atoms with Crippen molar-refractivity contribution < 1.29 is 14.4 Å². The molecule has 3 N–H and O–H groups in total. The van der Waals surface area contributed by atoms with Gasteiger partial charge in [0.05, 0.1) is 15.8 Å². The largest absolute Gasteiger partial charge is 0.325 e. The number of nitrogens with one attached hydrogen (secondary N) is 3. The number of anilines is 2. The monoisotopic (exact) mass is 589 g/mol. The van der Waals surface area contributed by atoms with Crippen LogP contribution in [-0.2, 0) is 9.59 Å². The molecule has 0 aromatic heterocycles. The number of benzene rings is 4. The van der Waals surface area contributed by atoms with Gasteiger partial charge >= 0.3 is 0 Å². The van der Waals surface area contributed by atoms with Gasteiger partial charge in [-0.05, 0) is 66.6 Å². The second-order valence-electron chi connectivity index (χ2n) is 8.65. The summed E-state index contributed by atoms with van der Waals surface area (Å²) in [6, 6.07) is 28.2. The second-order valence-corrected chi connectivity index (χ2v) is 10.5. The maximum atomic E-state index is 13.4. The van der Waals surface area contributed by atoms with Crippen molar-refractivity contribution in [2.75, 3.05) is 16.4 Å². The van der Waals surface area contributed by atoms with Crippen LogP contribution in [0.2, 0.25) is 10.0 Å². The molecule has 0 aliphatic heterocycles. The third-order valence-corrected chi connectivity index (χ3v) is 7.52. The van der Waals surface area contributed by atoms with Gasteiger partial charge in [-0.25, -0.2) is 0 Å². The van der Waals surface area contributed by atoms with E-state index in [-0.39, 0.29) is 22.4 Å². The van der Waals surface area contributed by atoms with Crippen molar-refractivity contribution in [3.63, 3.8) is 0 Å². The fourth-order valence-corrected chi connectivity index (χ4v) is 4.76. The highest BCUT2D eigenvalue weighted by Gasteiger charge is 2.17. The van der Waals surface area contributed by atoms with E-state index in [1.807, 2.05) is 37.3 Å². The van der Waals surface area contributed by atoms with Crippen LogP contribution in [0.25, 0.3) is 6.08 Å². The molecule has 6 nitrogen and oxygen atoms in total. The van der Waals surface area contributed by atoms with Crippen LogP contribution in [0, 0.1) is 6.92 Å². The second kappa shape index (κ2) is 13.8. The van der Waals surface area contributed by atoms with E-state index in [9.17, 15) is 14.4 Å². The van der Waals surface area contributed by atoms with E-state index in [2.05, 4.69) is 16.0 Å². The van der Waals surface area contributed by atoms with Crippen LogP contribution in [0.4, 0.5) is 11.4 Å². The van der Waals surface area contributed by atoms with E-state index in [0.29, 0.717) is 21.8 Å². The van der Waals surface area contributed by atoms with E-state index in [4.69, 9.17) is 23.2 Å². The normalized spacial score (nSPS) is 11.0. The quantitative estimate of drug-likeness (QED) is 0.140. The average Bonchev–Trinajstić information content (AvgIpc) is 2.96. The summed E-state index contributed by atoms with van der Waals surface area (Å²) >= 11 is 13.8. The number of carbonyl (C=O) groups excluding carboxylic acids is 3. The summed E-state index contributed by atoms with van der Waals surface area (Å²) in [6.45, 7) is 1.93. The molecule has 0 aliphatic carbocycles. The maximum absolute atomic E-state index is 13.4. The molecule has 0 aliphatic rings. The average molecular weight is 591 g/mol. The number of aryl methyl sites for hydroxylation is 1. The molecule has 0 fully saturated rings. The third kappa shape index (κ3) is 7.99. The number of thioether (sulfide) groups is 1. The SMILES string of the molecule is Cc1ccccc1NC(=O)CSc1cccc(NC(=O)/C(=C\c2cccc(Cl)c2Cl)NC(=O)c2ccccc2)c1. The Bertz CT molecular complexity index is 1580. The first-order chi connectivity index (χ1) is 19.3. The zero-order valence-corrected chi connectivity index (χ0v) is 23.7. The molecule has 0 atom stereocenters. The van der Waals surface area contributed by atoms with Gasteiger partial charge < -0.3 is 16.0 Å². The van der Waals surface area contributed by atoms with E-state index in [1.165, 1.54) is 17.8 Å². The first kappa shape index (κ1) is 29.0. The van der Waals surface area contributed by atoms with Gasteiger partial charge in [0.15, 0.2) is 0 Å². The van der Waals surface area contributed by atoms with Crippen molar-refractivity contribution in [3.8, 4) is 0 Å². The number of carbonyl (C=O) groups is 3. The van der Waals surface area contributed by atoms with Crippen LogP contribution in [0.5, 0.6) is 0 Å². The molecule has 4 aromatic carbocycles. The van der Waals surface area contributed by atoms with Crippen LogP contribution in [0.15, 0.2) is 108 Å². The van der Waals surface area contributed by atoms with Crippen LogP contribution < -0.4 is 16.0 Å². The highest BCUT2D eigenvalue weighted by molar-refractivity contribution is 8.00. The zero-order chi connectivity index (χ0) is 28.5. The standard InChI is InChI=1S/C31H25Cl2N3O3S/c1-20-9-5-6-16-26(20)35-28(37)19-40-24-14-8-13-23(18-24)34-31(39)27(17-22-12-7-15-25(32)29(22)33)36-30(38)21-10-3-2-4-11-21/h2-18H,19H2,1H3,(H,34,39)(H,35,37)(H,36,38)/b27-17+. The number of rotatable bonds is 9. The highest BCUT2D eigenvalue weighted by atomic mass is 35.5. The predicted octanol–water partition coefficient (Wildman–Crippen LogP) is 7.44. The Labute approximate surface area is 246 Å². The first-order valence-electron chi connectivity index (χ1n) is 12.2. The molecule has 9 heteroatoms. The lowest BCUT2D eigenvalue weighted by atomic mass is 10.1. The molecule has 40 heavy (non-hydrogen) atoms. The molecular formula is C31H25Cl2N3O3S. The number of amides is 3. The molecule has 4 aromatic rings. The van der Waals surface area contributed by atoms with E-state index in [0.717, 1.165) is 16.1 Å². The Morgan fingerprint density at radius 2 is 1.55 bits per heavy atom. The molecule has 0 unspecified atom stereocenters. The summed E-state index contributed by atoms with van der Waals surface area (Å²) in [5.41, 5.74) is 3.08. The minimum atomic E-state index is -0.556. The molecule has 0 bridgehead atoms. The minimum Gasteiger partial charge on any atom is -0.325 e. The van der Waals surface area contributed by atoms with Crippen molar-refractivity contribution in [2.45, 2.75) is 11.8 Å². The molecule has 0 heterocycles. The fourth-order valence-electron chi connectivity index (χ4n) is 3.64. The highest BCUT2D eigenvalue weighted by Crippen LogP contribution is 2.28. The van der Waals surface area contributed by atoms with Gasteiger partial charge in [-0.15, -0.1) is 11.8 Å². The molecule has 4 rings (SSSR count). The van der Waals surface area contributed by atoms with Crippen molar-refractivity contribution in [1.29, 1.82) is 0 Å². The van der Waals surface area contributed by atoms with Gasteiger partial charge in [0, 0.05) is 21.8 Å². The molecule has 3 amide bonds. The van der Waals surface area contributed by atoms with Gasteiger partial charge in [-0.1, -0.05) is 77.8 Å². The molecule has 0 radical (unpaired) electrons. The van der Waals surface area contributed by atoms with Crippen LogP contribution in [0.3, 0.4) is 0 Å².